The van der Waals surface area contributed by atoms with E-state index in [0.717, 1.165) is 12.0 Å². The van der Waals surface area contributed by atoms with Gasteiger partial charge in [0.15, 0.2) is 0 Å². The molecule has 0 spiro atoms. The summed E-state index contributed by atoms with van der Waals surface area (Å²) < 4.78 is 4.98. The third-order valence-corrected chi connectivity index (χ3v) is 6.75. The van der Waals surface area contributed by atoms with E-state index in [1.165, 1.54) is 25.7 Å². The monoisotopic (exact) mass is 380 g/mol. The summed E-state index contributed by atoms with van der Waals surface area (Å²) >= 11 is 0. The SMILES string of the molecule is CCOC(=O)/C=C(C)/C=C/CC1CCc2cc3c(cc21)C(C)(C)CCC3(C)C. The highest BCUT2D eigenvalue weighted by Gasteiger charge is 2.38. The van der Waals surface area contributed by atoms with Crippen LogP contribution in [0.4, 0.5) is 0 Å². The molecule has 0 bridgehead atoms. The van der Waals surface area contributed by atoms with Crippen LogP contribution in [-0.4, -0.2) is 12.6 Å². The van der Waals surface area contributed by atoms with Crippen LogP contribution < -0.4 is 0 Å². The maximum atomic E-state index is 11.6. The number of rotatable bonds is 5. The van der Waals surface area contributed by atoms with Gasteiger partial charge in [-0.15, -0.1) is 0 Å². The summed E-state index contributed by atoms with van der Waals surface area (Å²) in [5, 5.41) is 0. The van der Waals surface area contributed by atoms with E-state index >= 15 is 0 Å². The van der Waals surface area contributed by atoms with Gasteiger partial charge >= 0.3 is 5.97 Å². The van der Waals surface area contributed by atoms with Crippen LogP contribution in [-0.2, 0) is 26.8 Å². The van der Waals surface area contributed by atoms with Gasteiger partial charge in [-0.2, -0.15) is 0 Å². The fourth-order valence-corrected chi connectivity index (χ4v) is 4.84. The lowest BCUT2D eigenvalue weighted by Crippen LogP contribution is -2.34. The molecular weight excluding hydrogens is 344 g/mol. The van der Waals surface area contributed by atoms with Crippen LogP contribution in [0.1, 0.15) is 95.4 Å². The molecule has 0 aromatic heterocycles. The second kappa shape index (κ2) is 7.89. The van der Waals surface area contributed by atoms with Gasteiger partial charge in [0.05, 0.1) is 6.61 Å². The Morgan fingerprint density at radius 1 is 1.14 bits per heavy atom. The summed E-state index contributed by atoms with van der Waals surface area (Å²) in [6, 6.07) is 5.07. The first-order valence-electron chi connectivity index (χ1n) is 10.8. The second-order valence-electron chi connectivity index (χ2n) is 9.88. The van der Waals surface area contributed by atoms with Crippen LogP contribution in [0.5, 0.6) is 0 Å². The lowest BCUT2D eigenvalue weighted by Gasteiger charge is -2.42. The van der Waals surface area contributed by atoms with Crippen molar-refractivity contribution in [3.63, 3.8) is 0 Å². The van der Waals surface area contributed by atoms with Crippen LogP contribution in [0.25, 0.3) is 0 Å². The van der Waals surface area contributed by atoms with Gasteiger partial charge in [0.1, 0.15) is 0 Å². The van der Waals surface area contributed by atoms with Crippen molar-refractivity contribution < 1.29 is 9.53 Å². The summed E-state index contributed by atoms with van der Waals surface area (Å²) in [6.07, 6.45) is 11.8. The van der Waals surface area contributed by atoms with E-state index in [-0.39, 0.29) is 16.8 Å². The molecule has 0 radical (unpaired) electrons. The Hall–Kier alpha value is -1.83. The summed E-state index contributed by atoms with van der Waals surface area (Å²) in [7, 11) is 0. The Kier molecular flexibility index (Phi) is 5.89. The number of fused-ring (bicyclic) bond motifs is 2. The number of benzene rings is 1. The molecular formula is C26H36O2. The molecule has 2 aliphatic rings. The molecule has 1 aromatic carbocycles. The molecule has 152 valence electrons. The number of hydrogen-bond acceptors (Lipinski definition) is 2. The summed E-state index contributed by atoms with van der Waals surface area (Å²) in [4.78, 5) is 11.6. The molecule has 1 atom stereocenters. The molecule has 1 unspecified atom stereocenters. The normalized spacial score (nSPS) is 22.8. The molecule has 2 heteroatoms. The van der Waals surface area contributed by atoms with Crippen LogP contribution in [0, 0.1) is 0 Å². The fraction of sp³-hybridized carbons (Fsp3) is 0.577. The van der Waals surface area contributed by atoms with E-state index in [1.807, 2.05) is 13.8 Å². The van der Waals surface area contributed by atoms with Gasteiger partial charge in [0, 0.05) is 6.08 Å². The minimum atomic E-state index is -0.257. The first-order chi connectivity index (χ1) is 13.1. The van der Waals surface area contributed by atoms with Crippen LogP contribution in [0.15, 0.2) is 35.9 Å². The minimum absolute atomic E-state index is 0.257. The van der Waals surface area contributed by atoms with E-state index in [4.69, 9.17) is 4.74 Å². The molecule has 0 amide bonds. The standard InChI is InChI=1S/C26H36O2/c1-7-28-24(27)15-18(2)9-8-10-19-11-12-20-16-22-23(17-21(19)20)26(5,6)14-13-25(22,3)4/h8-9,15-17,19H,7,10-14H2,1-6H3/b9-8+,18-15+. The number of ether oxygens (including phenoxy) is 1. The molecule has 1 aromatic rings. The quantitative estimate of drug-likeness (QED) is 0.330. The highest BCUT2D eigenvalue weighted by Crippen LogP contribution is 2.49. The van der Waals surface area contributed by atoms with Crippen LogP contribution >= 0.6 is 0 Å². The van der Waals surface area contributed by atoms with Crippen LogP contribution in [0.2, 0.25) is 0 Å². The Bertz CT molecular complexity index is 808. The summed E-state index contributed by atoms with van der Waals surface area (Å²) in [5.74, 6) is 0.333. The first kappa shape index (κ1) is 20.9. The highest BCUT2D eigenvalue weighted by molar-refractivity contribution is 5.83. The number of esters is 1. The van der Waals surface area contributed by atoms with Crippen molar-refractivity contribution in [2.24, 2.45) is 0 Å². The summed E-state index contributed by atoms with van der Waals surface area (Å²) in [5.41, 5.74) is 7.76. The first-order valence-corrected chi connectivity index (χ1v) is 10.8. The second-order valence-corrected chi connectivity index (χ2v) is 9.88. The summed E-state index contributed by atoms with van der Waals surface area (Å²) in [6.45, 7) is 13.8. The largest absolute Gasteiger partial charge is 0.463 e. The number of carbonyl (C=O) groups is 1. The van der Waals surface area contributed by atoms with Gasteiger partial charge in [-0.25, -0.2) is 4.79 Å². The van der Waals surface area contributed by atoms with E-state index in [9.17, 15) is 4.79 Å². The molecule has 28 heavy (non-hydrogen) atoms. The molecule has 2 nitrogen and oxygen atoms in total. The molecule has 0 aliphatic heterocycles. The van der Waals surface area contributed by atoms with Gasteiger partial charge in [-0.05, 0) is 90.5 Å². The Balaban J connectivity index is 1.79. The molecule has 3 rings (SSSR count). The third-order valence-electron chi connectivity index (χ3n) is 6.75. The van der Waals surface area contributed by atoms with Crippen molar-refractivity contribution in [2.45, 2.75) is 90.4 Å². The topological polar surface area (TPSA) is 26.3 Å². The van der Waals surface area contributed by atoms with Crippen molar-refractivity contribution >= 4 is 5.97 Å². The maximum Gasteiger partial charge on any atom is 0.330 e. The molecule has 0 fully saturated rings. The minimum Gasteiger partial charge on any atom is -0.463 e. The zero-order valence-electron chi connectivity index (χ0n) is 18.5. The van der Waals surface area contributed by atoms with Gasteiger partial charge in [0.2, 0.25) is 0 Å². The van der Waals surface area contributed by atoms with Gasteiger partial charge in [-0.1, -0.05) is 52.0 Å². The van der Waals surface area contributed by atoms with Gasteiger partial charge in [0.25, 0.3) is 0 Å². The lowest BCUT2D eigenvalue weighted by molar-refractivity contribution is -0.137. The van der Waals surface area contributed by atoms with E-state index in [2.05, 4.69) is 52.0 Å². The zero-order valence-corrected chi connectivity index (χ0v) is 18.5. The number of allylic oxidation sites excluding steroid dienone is 3. The zero-order chi connectivity index (χ0) is 20.5. The lowest BCUT2D eigenvalue weighted by atomic mass is 9.62. The average molecular weight is 381 g/mol. The van der Waals surface area contributed by atoms with Gasteiger partial charge < -0.3 is 4.74 Å². The maximum absolute atomic E-state index is 11.6. The van der Waals surface area contributed by atoms with Crippen molar-refractivity contribution in [3.8, 4) is 0 Å². The van der Waals surface area contributed by atoms with E-state index in [0.29, 0.717) is 12.5 Å². The predicted octanol–water partition coefficient (Wildman–Crippen LogP) is 6.52. The molecule has 0 N–H and O–H groups in total. The Labute approximate surface area is 171 Å². The molecule has 2 aliphatic carbocycles. The molecule has 0 saturated carbocycles. The average Bonchev–Trinajstić information content (AvgIpc) is 3.01. The molecule has 0 heterocycles. The number of aryl methyl sites for hydroxylation is 1. The smallest absolute Gasteiger partial charge is 0.330 e. The van der Waals surface area contributed by atoms with Crippen molar-refractivity contribution in [3.05, 3.63) is 58.2 Å². The van der Waals surface area contributed by atoms with E-state index < -0.39 is 0 Å². The van der Waals surface area contributed by atoms with E-state index in [1.54, 1.807) is 28.3 Å². The van der Waals surface area contributed by atoms with Crippen LogP contribution in [0.3, 0.4) is 0 Å². The molecule has 0 saturated heterocycles. The van der Waals surface area contributed by atoms with Gasteiger partial charge in [-0.3, -0.25) is 0 Å². The third kappa shape index (κ3) is 4.26. The fourth-order valence-electron chi connectivity index (χ4n) is 4.84. The highest BCUT2D eigenvalue weighted by atomic mass is 16.5. The van der Waals surface area contributed by atoms with Crippen molar-refractivity contribution in [1.82, 2.24) is 0 Å². The number of hydrogen-bond donors (Lipinski definition) is 0. The Morgan fingerprint density at radius 2 is 1.79 bits per heavy atom. The number of carbonyl (C=O) groups excluding carboxylic acids is 1. The Morgan fingerprint density at radius 3 is 2.43 bits per heavy atom. The predicted molar refractivity (Wildman–Crippen MR) is 117 cm³/mol. The van der Waals surface area contributed by atoms with Crippen molar-refractivity contribution in [2.75, 3.05) is 6.61 Å². The van der Waals surface area contributed by atoms with Crippen molar-refractivity contribution in [1.29, 1.82) is 0 Å².